The fourth-order valence-corrected chi connectivity index (χ4v) is 5.00. The molecular weight excluding hydrogens is 416 g/mol. The topological polar surface area (TPSA) is 78.9 Å². The summed E-state index contributed by atoms with van der Waals surface area (Å²) in [5.74, 6) is 0.818. The average molecular weight is 459 g/mol. The third-order valence-corrected chi connectivity index (χ3v) is 6.19. The number of rotatable bonds is 10. The van der Waals surface area contributed by atoms with Gasteiger partial charge in [0, 0.05) is 23.9 Å². The molecule has 33 heavy (non-hydrogen) atoms. The van der Waals surface area contributed by atoms with E-state index in [0.717, 1.165) is 24.8 Å². The van der Waals surface area contributed by atoms with Crippen LogP contribution in [0.3, 0.4) is 0 Å². The number of carbonyl (C=O) groups is 2. The molecule has 1 fully saturated rings. The fourth-order valence-electron chi connectivity index (χ4n) is 5.00. The number of amides is 1. The molecule has 0 bridgehead atoms. The highest BCUT2D eigenvalue weighted by molar-refractivity contribution is 5.80. The summed E-state index contributed by atoms with van der Waals surface area (Å²) in [6.07, 6.45) is 6.50. The van der Waals surface area contributed by atoms with Gasteiger partial charge in [0.25, 0.3) is 0 Å². The number of alkyl carbamates (subject to hydrolysis) is 1. The van der Waals surface area contributed by atoms with E-state index in [2.05, 4.69) is 19.2 Å². The maximum atomic E-state index is 12.7. The number of allylic oxidation sites excluding steroid dienone is 1. The third-order valence-electron chi connectivity index (χ3n) is 6.19. The van der Waals surface area contributed by atoms with E-state index in [9.17, 15) is 14.8 Å². The smallest absolute Gasteiger partial charge is 0.407 e. The average Bonchev–Trinajstić information content (AvgIpc) is 2.70. The van der Waals surface area contributed by atoms with Crippen molar-refractivity contribution in [1.82, 2.24) is 10.4 Å². The van der Waals surface area contributed by atoms with Gasteiger partial charge in [-0.2, -0.15) is 5.06 Å². The number of ketones is 1. The molecule has 6 nitrogen and oxygen atoms in total. The molecule has 6 heteroatoms. The van der Waals surface area contributed by atoms with Gasteiger partial charge in [-0.05, 0) is 64.4 Å². The standard InChI is InChI=1S/C27H42N2O4/c1-20(2)15-23(28-25(31)33-19-21-11-8-7-9-12-21)13-10-14-24(30)16-22-17-26(3,4)29(32)27(5,6)18-22/h7-13,20,22-23,32H,14-19H2,1-6H3,(H,28,31)/b13-10-. The van der Waals surface area contributed by atoms with Crippen LogP contribution in [-0.4, -0.2) is 39.3 Å². The lowest BCUT2D eigenvalue weighted by molar-refractivity contribution is -0.251. The van der Waals surface area contributed by atoms with E-state index in [1.807, 2.05) is 70.2 Å². The highest BCUT2D eigenvalue weighted by atomic mass is 16.5. The molecule has 0 spiro atoms. The van der Waals surface area contributed by atoms with E-state index >= 15 is 0 Å². The van der Waals surface area contributed by atoms with Gasteiger partial charge < -0.3 is 15.3 Å². The summed E-state index contributed by atoms with van der Waals surface area (Å²) in [5, 5.41) is 14.8. The van der Waals surface area contributed by atoms with E-state index < -0.39 is 6.09 Å². The van der Waals surface area contributed by atoms with Crippen LogP contribution in [0.25, 0.3) is 0 Å². The number of piperidine rings is 1. The number of benzene rings is 1. The van der Waals surface area contributed by atoms with E-state index in [1.54, 1.807) is 0 Å². The normalized spacial score (nSPS) is 19.5. The van der Waals surface area contributed by atoms with Crippen molar-refractivity contribution in [1.29, 1.82) is 0 Å². The Morgan fingerprint density at radius 1 is 1.15 bits per heavy atom. The molecule has 0 aromatic heterocycles. The minimum absolute atomic E-state index is 0.184. The van der Waals surface area contributed by atoms with Crippen molar-refractivity contribution in [2.24, 2.45) is 11.8 Å². The minimum Gasteiger partial charge on any atom is -0.445 e. The molecule has 1 unspecified atom stereocenters. The highest BCUT2D eigenvalue weighted by Crippen LogP contribution is 2.41. The van der Waals surface area contributed by atoms with Crippen molar-refractivity contribution in [2.75, 3.05) is 0 Å². The van der Waals surface area contributed by atoms with Crippen LogP contribution in [0.5, 0.6) is 0 Å². The first-order valence-electron chi connectivity index (χ1n) is 12.0. The predicted molar refractivity (Wildman–Crippen MR) is 131 cm³/mol. The van der Waals surface area contributed by atoms with Crippen molar-refractivity contribution in [3.63, 3.8) is 0 Å². The maximum absolute atomic E-state index is 12.7. The number of hydroxylamine groups is 2. The van der Waals surface area contributed by atoms with Crippen molar-refractivity contribution >= 4 is 11.9 Å². The summed E-state index contributed by atoms with van der Waals surface area (Å²) in [5.41, 5.74) is 0.233. The number of carbonyl (C=O) groups excluding carboxylic acids is 2. The van der Waals surface area contributed by atoms with Gasteiger partial charge in [0.2, 0.25) is 0 Å². The molecule has 1 amide bonds. The first-order valence-corrected chi connectivity index (χ1v) is 12.0. The van der Waals surface area contributed by atoms with Gasteiger partial charge in [-0.25, -0.2) is 4.79 Å². The van der Waals surface area contributed by atoms with E-state index in [-0.39, 0.29) is 35.4 Å². The molecule has 1 aliphatic heterocycles. The van der Waals surface area contributed by atoms with E-state index in [4.69, 9.17) is 4.74 Å². The Morgan fingerprint density at radius 3 is 2.33 bits per heavy atom. The van der Waals surface area contributed by atoms with Crippen molar-refractivity contribution in [3.05, 3.63) is 48.0 Å². The number of nitrogens with zero attached hydrogens (tertiary/aromatic N) is 1. The summed E-state index contributed by atoms with van der Waals surface area (Å²) in [7, 11) is 0. The Morgan fingerprint density at radius 2 is 1.76 bits per heavy atom. The zero-order chi connectivity index (χ0) is 24.6. The maximum Gasteiger partial charge on any atom is 0.407 e. The van der Waals surface area contributed by atoms with Crippen LogP contribution in [0.15, 0.2) is 42.5 Å². The zero-order valence-corrected chi connectivity index (χ0v) is 21.1. The van der Waals surface area contributed by atoms with Crippen molar-refractivity contribution in [2.45, 2.75) is 97.4 Å². The number of hydrogen-bond donors (Lipinski definition) is 2. The van der Waals surface area contributed by atoms with Crippen molar-refractivity contribution in [3.8, 4) is 0 Å². The first-order chi connectivity index (χ1) is 15.4. The predicted octanol–water partition coefficient (Wildman–Crippen LogP) is 5.89. The molecule has 0 aliphatic carbocycles. The molecule has 0 saturated carbocycles. The Kier molecular flexibility index (Phi) is 9.68. The SMILES string of the molecule is CC(C)CC(/C=C\CC(=O)CC1CC(C)(C)N(O)C(C)(C)C1)NC(=O)OCc1ccccc1. The summed E-state index contributed by atoms with van der Waals surface area (Å²) in [6, 6.07) is 9.39. The summed E-state index contributed by atoms with van der Waals surface area (Å²) in [6.45, 7) is 12.5. The van der Waals surface area contributed by atoms with Gasteiger partial charge in [0.05, 0.1) is 6.04 Å². The summed E-state index contributed by atoms with van der Waals surface area (Å²) < 4.78 is 5.34. The second kappa shape index (κ2) is 11.8. The van der Waals surface area contributed by atoms with E-state index in [1.165, 1.54) is 5.06 Å². The van der Waals surface area contributed by atoms with E-state index in [0.29, 0.717) is 18.8 Å². The third kappa shape index (κ3) is 8.94. The number of hydrogen-bond acceptors (Lipinski definition) is 5. The summed E-state index contributed by atoms with van der Waals surface area (Å²) in [4.78, 5) is 24.9. The molecule has 184 valence electrons. The lowest BCUT2D eigenvalue weighted by Gasteiger charge is -2.51. The lowest BCUT2D eigenvalue weighted by Crippen LogP contribution is -2.59. The number of ether oxygens (including phenoxy) is 1. The van der Waals surface area contributed by atoms with Crippen LogP contribution < -0.4 is 5.32 Å². The molecule has 1 aromatic rings. The second-order valence-electron chi connectivity index (χ2n) is 11.0. The summed E-state index contributed by atoms with van der Waals surface area (Å²) >= 11 is 0. The molecule has 2 N–H and O–H groups in total. The second-order valence-corrected chi connectivity index (χ2v) is 11.0. The van der Waals surface area contributed by atoms with Crippen LogP contribution in [0.1, 0.15) is 79.2 Å². The Hall–Kier alpha value is -2.18. The van der Waals surface area contributed by atoms with Gasteiger partial charge in [0.15, 0.2) is 0 Å². The van der Waals surface area contributed by atoms with Crippen LogP contribution in [-0.2, 0) is 16.1 Å². The van der Waals surface area contributed by atoms with Gasteiger partial charge in [0.1, 0.15) is 12.4 Å². The highest BCUT2D eigenvalue weighted by Gasteiger charge is 2.45. The van der Waals surface area contributed by atoms with Gasteiger partial charge in [-0.3, -0.25) is 4.79 Å². The van der Waals surface area contributed by atoms with Gasteiger partial charge in [-0.1, -0.05) is 56.3 Å². The first kappa shape index (κ1) is 27.1. The molecule has 1 saturated heterocycles. The molecule has 1 atom stereocenters. The largest absolute Gasteiger partial charge is 0.445 e. The molecule has 1 aliphatic rings. The van der Waals surface area contributed by atoms with Gasteiger partial charge in [-0.15, -0.1) is 0 Å². The fraction of sp³-hybridized carbons (Fsp3) is 0.630. The number of nitrogens with one attached hydrogen (secondary N) is 1. The molecule has 0 radical (unpaired) electrons. The Balaban J connectivity index is 1.85. The Bertz CT molecular complexity index is 784. The molecule has 2 rings (SSSR count). The molecular formula is C27H42N2O4. The zero-order valence-electron chi connectivity index (χ0n) is 21.1. The van der Waals surface area contributed by atoms with Crippen LogP contribution in [0.4, 0.5) is 4.79 Å². The van der Waals surface area contributed by atoms with Crippen LogP contribution in [0.2, 0.25) is 0 Å². The molecule has 1 aromatic carbocycles. The van der Waals surface area contributed by atoms with Crippen molar-refractivity contribution < 1.29 is 19.5 Å². The lowest BCUT2D eigenvalue weighted by atomic mass is 9.73. The van der Waals surface area contributed by atoms with Crippen LogP contribution >= 0.6 is 0 Å². The quantitative estimate of drug-likeness (QED) is 0.427. The monoisotopic (exact) mass is 458 g/mol. The number of Topliss-reactive ketones (excluding diaryl/α,β-unsaturated/α-hetero) is 1. The molecule has 1 heterocycles. The Labute approximate surface area is 199 Å². The minimum atomic E-state index is -0.458. The van der Waals surface area contributed by atoms with Crippen LogP contribution in [0, 0.1) is 11.8 Å². The van der Waals surface area contributed by atoms with Gasteiger partial charge >= 0.3 is 6.09 Å².